The Bertz CT molecular complexity index is 1060. The van der Waals surface area contributed by atoms with Crippen molar-refractivity contribution < 1.29 is 45.8 Å². The summed E-state index contributed by atoms with van der Waals surface area (Å²) in [5, 5.41) is 0. The maximum atomic E-state index is 2.44. The van der Waals surface area contributed by atoms with E-state index in [1.54, 1.807) is 21.1 Å². The van der Waals surface area contributed by atoms with Gasteiger partial charge in [0.1, 0.15) is 0 Å². The molecule has 2 aliphatic carbocycles. The second-order valence-electron chi connectivity index (χ2n) is 11.0. The van der Waals surface area contributed by atoms with E-state index in [2.05, 4.69) is 127 Å². The Morgan fingerprint density at radius 1 is 0.588 bits per heavy atom. The van der Waals surface area contributed by atoms with Gasteiger partial charge in [-0.3, -0.25) is 0 Å². The summed E-state index contributed by atoms with van der Waals surface area (Å²) in [6.07, 6.45) is 12.0. The normalized spacial score (nSPS) is 15.1. The predicted molar refractivity (Wildman–Crippen MR) is 137 cm³/mol. The quantitative estimate of drug-likeness (QED) is 0.444. The Morgan fingerprint density at radius 2 is 0.941 bits per heavy atom. The molecule has 3 heteroatoms. The molecular weight excluding hydrogens is 622 g/mol. The minimum atomic E-state index is -2.71. The Hall–Kier alpha value is -1.28. The Morgan fingerprint density at radius 3 is 1.26 bits per heavy atom. The van der Waals surface area contributed by atoms with Crippen LogP contribution in [-0.2, 0) is 21.0 Å². The van der Waals surface area contributed by atoms with E-state index in [4.69, 9.17) is 0 Å². The molecule has 2 aromatic rings. The largest absolute Gasteiger partial charge is 1.00 e. The molecule has 178 valence electrons. The van der Waals surface area contributed by atoms with Crippen molar-refractivity contribution in [2.45, 2.75) is 54.4 Å². The van der Waals surface area contributed by atoms with Gasteiger partial charge in [-0.2, -0.15) is 0 Å². The maximum Gasteiger partial charge on any atom is -1.00 e. The number of allylic oxidation sites excluding steroid dienone is 8. The summed E-state index contributed by atoms with van der Waals surface area (Å²) in [6.45, 7) is 14.3. The number of hydrogen-bond donors (Lipinski definition) is 0. The molecule has 0 atom stereocenters. The topological polar surface area (TPSA) is 0 Å². The van der Waals surface area contributed by atoms with E-state index in [1.165, 1.54) is 11.1 Å². The van der Waals surface area contributed by atoms with Crippen LogP contribution in [0.5, 0.6) is 0 Å². The summed E-state index contributed by atoms with van der Waals surface area (Å²) in [4.78, 5) is 0. The number of rotatable bonds is 4. The van der Waals surface area contributed by atoms with Gasteiger partial charge >= 0.3 is 203 Å². The molecule has 0 amide bonds. The molecule has 0 aliphatic heterocycles. The summed E-state index contributed by atoms with van der Waals surface area (Å²) in [5.41, 5.74) is 6.37. The predicted octanol–water partition coefficient (Wildman–Crippen LogP) is 2.40. The first kappa shape index (κ1) is 29.0. The molecule has 0 unspecified atom stereocenters. The molecule has 0 fully saturated rings. The van der Waals surface area contributed by atoms with Crippen molar-refractivity contribution >= 4 is 3.26 Å². The molecule has 0 bridgehead atoms. The van der Waals surface area contributed by atoms with Gasteiger partial charge in [0, 0.05) is 0 Å². The van der Waals surface area contributed by atoms with Crippen LogP contribution in [0.25, 0.3) is 0 Å². The summed E-state index contributed by atoms with van der Waals surface area (Å²) in [6, 6.07) is 22.5. The Balaban J connectivity index is 0.00000204. The first-order valence-electron chi connectivity index (χ1n) is 11.8. The van der Waals surface area contributed by atoms with Crippen molar-refractivity contribution in [2.24, 2.45) is 10.8 Å². The third-order valence-corrected chi connectivity index (χ3v) is 18.1. The molecule has 0 spiro atoms. The van der Waals surface area contributed by atoms with Gasteiger partial charge in [-0.05, 0) is 0 Å². The zero-order chi connectivity index (χ0) is 22.9. The molecule has 2 aliphatic rings. The Labute approximate surface area is 226 Å². The fourth-order valence-corrected chi connectivity index (χ4v) is 19.3. The van der Waals surface area contributed by atoms with Crippen LogP contribution < -0.4 is 24.8 Å². The maximum absolute atomic E-state index is 2.71. The number of benzene rings is 2. The third-order valence-electron chi connectivity index (χ3n) is 6.46. The molecule has 0 saturated carbocycles. The van der Waals surface area contributed by atoms with Crippen molar-refractivity contribution in [3.63, 3.8) is 0 Å². The van der Waals surface area contributed by atoms with E-state index in [1.807, 2.05) is 0 Å². The van der Waals surface area contributed by atoms with Gasteiger partial charge in [0.25, 0.3) is 0 Å². The molecule has 2 aromatic carbocycles. The van der Waals surface area contributed by atoms with Crippen LogP contribution in [0.3, 0.4) is 0 Å². The number of hydrogen-bond acceptors (Lipinski definition) is 0. The van der Waals surface area contributed by atoms with Crippen LogP contribution in [-0.4, -0.2) is 3.26 Å². The SMILES string of the molecule is CC(C)(C)C1=[C]([Hf+2]([C]2=C(C(C)(C)C)C=CC2)=[C](c2ccccc2)c2ccccc2)CC=C1.[Cl-].[Cl-]. The summed E-state index contributed by atoms with van der Waals surface area (Å²) < 4.78 is 5.22. The Kier molecular flexibility index (Phi) is 9.91. The second-order valence-corrected chi connectivity index (χ2v) is 19.8. The fraction of sp³-hybridized carbons (Fsp3) is 0.323. The molecule has 34 heavy (non-hydrogen) atoms. The van der Waals surface area contributed by atoms with Gasteiger partial charge < -0.3 is 24.8 Å². The first-order valence-corrected chi connectivity index (χ1v) is 17.2. The van der Waals surface area contributed by atoms with Crippen LogP contribution in [0.4, 0.5) is 0 Å². The first-order chi connectivity index (χ1) is 15.2. The van der Waals surface area contributed by atoms with E-state index in [0.717, 1.165) is 12.8 Å². The molecule has 0 nitrogen and oxygen atoms in total. The monoisotopic (exact) mass is 658 g/mol. The van der Waals surface area contributed by atoms with Crippen LogP contribution in [0, 0.1) is 10.8 Å². The van der Waals surface area contributed by atoms with Gasteiger partial charge in [0.2, 0.25) is 0 Å². The molecular formula is C31H36Cl2Hf. The molecule has 0 radical (unpaired) electrons. The summed E-state index contributed by atoms with van der Waals surface area (Å²) in [7, 11) is 0. The van der Waals surface area contributed by atoms with E-state index >= 15 is 0 Å². The van der Waals surface area contributed by atoms with Crippen LogP contribution in [0.15, 0.2) is 103 Å². The van der Waals surface area contributed by atoms with Crippen molar-refractivity contribution in [1.82, 2.24) is 0 Å². The van der Waals surface area contributed by atoms with Gasteiger partial charge in [-0.1, -0.05) is 0 Å². The van der Waals surface area contributed by atoms with Crippen LogP contribution in [0.1, 0.15) is 65.5 Å². The molecule has 0 heterocycles. The molecule has 0 aromatic heterocycles. The second kappa shape index (κ2) is 11.6. The smallest absolute Gasteiger partial charge is 1.00 e. The van der Waals surface area contributed by atoms with Gasteiger partial charge in [-0.15, -0.1) is 0 Å². The van der Waals surface area contributed by atoms with E-state index < -0.39 is 21.0 Å². The molecule has 4 rings (SSSR count). The van der Waals surface area contributed by atoms with Crippen molar-refractivity contribution in [2.75, 3.05) is 0 Å². The average molecular weight is 658 g/mol. The third kappa shape index (κ3) is 6.10. The summed E-state index contributed by atoms with van der Waals surface area (Å²) >= 11 is -2.71. The minimum Gasteiger partial charge on any atom is -1.00 e. The van der Waals surface area contributed by atoms with E-state index in [9.17, 15) is 0 Å². The fourth-order valence-electron chi connectivity index (χ4n) is 5.04. The zero-order valence-electron chi connectivity index (χ0n) is 21.3. The standard InChI is InChI=1S/C13H10.2C9H13.2ClH.Hf/c1-3-7-12(8-4-1)11-13-9-5-2-6-10-13;2*1-9(2,3)8-6-4-5-7-8;;;/h1-10H;2*4,6H,5H2,1-3H3;2*1H;/q;;;;;+2/p-2. The van der Waals surface area contributed by atoms with Crippen molar-refractivity contribution in [1.29, 1.82) is 0 Å². The molecule has 0 saturated heterocycles. The van der Waals surface area contributed by atoms with Crippen molar-refractivity contribution in [3.8, 4) is 0 Å². The van der Waals surface area contributed by atoms with Gasteiger partial charge in [-0.25, -0.2) is 0 Å². The van der Waals surface area contributed by atoms with Crippen LogP contribution in [0.2, 0.25) is 0 Å². The van der Waals surface area contributed by atoms with Crippen molar-refractivity contribution in [3.05, 3.63) is 114 Å². The van der Waals surface area contributed by atoms with Crippen LogP contribution >= 0.6 is 0 Å². The van der Waals surface area contributed by atoms with E-state index in [0.29, 0.717) is 0 Å². The number of halogens is 2. The van der Waals surface area contributed by atoms with E-state index in [-0.39, 0.29) is 35.6 Å². The molecule has 0 N–H and O–H groups in total. The van der Waals surface area contributed by atoms with Gasteiger partial charge in [0.05, 0.1) is 0 Å². The zero-order valence-corrected chi connectivity index (χ0v) is 26.4. The van der Waals surface area contributed by atoms with Gasteiger partial charge in [0.15, 0.2) is 0 Å². The minimum absolute atomic E-state index is 0. The summed E-state index contributed by atoms with van der Waals surface area (Å²) in [5.74, 6) is 0. The average Bonchev–Trinajstić information content (AvgIpc) is 3.43.